The largest absolute Gasteiger partial charge is 0.382 e. The number of guanidine groups is 1. The third-order valence-electron chi connectivity index (χ3n) is 5.83. The summed E-state index contributed by atoms with van der Waals surface area (Å²) in [6.45, 7) is 10.2. The van der Waals surface area contributed by atoms with Crippen molar-refractivity contribution in [2.45, 2.75) is 65.3 Å². The molecule has 0 aromatic rings. The van der Waals surface area contributed by atoms with Crippen LogP contribution in [0.5, 0.6) is 0 Å². The van der Waals surface area contributed by atoms with Gasteiger partial charge in [0, 0.05) is 51.9 Å². The number of carbonyl (C=O) groups is 1. The standard InChI is InChI=1S/C20H38N4O2.HI/c1-5-26-13-11-20(9-6-7-10-20)15-22-19(21-4)23-17-8-12-24(14-17)18(25)16(2)3;/h16-17H,5-15H2,1-4H3,(H2,21,22,23);1H. The number of rotatable bonds is 8. The topological polar surface area (TPSA) is 66.0 Å². The minimum Gasteiger partial charge on any atom is -0.382 e. The van der Waals surface area contributed by atoms with Crippen molar-refractivity contribution in [1.29, 1.82) is 0 Å². The summed E-state index contributed by atoms with van der Waals surface area (Å²) >= 11 is 0. The molecule has 1 aliphatic heterocycles. The van der Waals surface area contributed by atoms with Crippen LogP contribution >= 0.6 is 24.0 Å². The van der Waals surface area contributed by atoms with E-state index in [1.165, 1.54) is 25.7 Å². The smallest absolute Gasteiger partial charge is 0.225 e. The van der Waals surface area contributed by atoms with Crippen LogP contribution < -0.4 is 10.6 Å². The van der Waals surface area contributed by atoms with E-state index in [1.807, 2.05) is 25.8 Å². The number of carbonyl (C=O) groups excluding carboxylic acids is 1. The molecule has 0 radical (unpaired) electrons. The first-order valence-corrected chi connectivity index (χ1v) is 10.3. The van der Waals surface area contributed by atoms with Crippen molar-refractivity contribution in [1.82, 2.24) is 15.5 Å². The molecule has 2 fully saturated rings. The zero-order valence-electron chi connectivity index (χ0n) is 17.6. The lowest BCUT2D eigenvalue weighted by molar-refractivity contribution is -0.133. The van der Waals surface area contributed by atoms with E-state index in [9.17, 15) is 4.79 Å². The van der Waals surface area contributed by atoms with Crippen LogP contribution in [0.4, 0.5) is 0 Å². The third kappa shape index (κ3) is 7.40. The Hall–Kier alpha value is -0.570. The Labute approximate surface area is 182 Å². The highest BCUT2D eigenvalue weighted by Crippen LogP contribution is 2.40. The minimum atomic E-state index is 0. The van der Waals surface area contributed by atoms with E-state index in [4.69, 9.17) is 4.74 Å². The van der Waals surface area contributed by atoms with Crippen LogP contribution in [-0.4, -0.2) is 62.7 Å². The SMILES string of the molecule is CCOCCC1(CNC(=NC)NC2CCN(C(=O)C(C)C)C2)CCCC1.I. The van der Waals surface area contributed by atoms with Gasteiger partial charge in [-0.2, -0.15) is 0 Å². The maximum Gasteiger partial charge on any atom is 0.225 e. The molecule has 7 heteroatoms. The van der Waals surface area contributed by atoms with Gasteiger partial charge in [0.2, 0.25) is 5.91 Å². The Morgan fingerprint density at radius 3 is 2.63 bits per heavy atom. The molecule has 27 heavy (non-hydrogen) atoms. The van der Waals surface area contributed by atoms with Crippen LogP contribution in [0.1, 0.15) is 59.3 Å². The highest BCUT2D eigenvalue weighted by Gasteiger charge is 2.34. The zero-order valence-corrected chi connectivity index (χ0v) is 19.9. The lowest BCUT2D eigenvalue weighted by atomic mass is 9.83. The molecule has 1 saturated carbocycles. The first kappa shape index (κ1) is 24.5. The van der Waals surface area contributed by atoms with Crippen molar-refractivity contribution >= 4 is 35.8 Å². The van der Waals surface area contributed by atoms with Gasteiger partial charge >= 0.3 is 0 Å². The summed E-state index contributed by atoms with van der Waals surface area (Å²) in [6.07, 6.45) is 7.26. The molecule has 1 unspecified atom stereocenters. The van der Waals surface area contributed by atoms with Crippen molar-refractivity contribution in [2.75, 3.05) is 39.9 Å². The van der Waals surface area contributed by atoms with E-state index >= 15 is 0 Å². The van der Waals surface area contributed by atoms with Crippen molar-refractivity contribution < 1.29 is 9.53 Å². The summed E-state index contributed by atoms with van der Waals surface area (Å²) in [7, 11) is 1.82. The van der Waals surface area contributed by atoms with Crippen LogP contribution in [-0.2, 0) is 9.53 Å². The van der Waals surface area contributed by atoms with E-state index in [1.54, 1.807) is 0 Å². The predicted molar refractivity (Wildman–Crippen MR) is 122 cm³/mol. The van der Waals surface area contributed by atoms with Gasteiger partial charge in [0.25, 0.3) is 0 Å². The van der Waals surface area contributed by atoms with Gasteiger partial charge in [0.05, 0.1) is 0 Å². The Bertz CT molecular complexity index is 479. The normalized spacial score (nSPS) is 22.0. The van der Waals surface area contributed by atoms with Crippen molar-refractivity contribution in [3.63, 3.8) is 0 Å². The zero-order chi connectivity index (χ0) is 19.0. The molecule has 0 bridgehead atoms. The highest BCUT2D eigenvalue weighted by molar-refractivity contribution is 14.0. The summed E-state index contributed by atoms with van der Waals surface area (Å²) in [5.74, 6) is 1.17. The fourth-order valence-electron chi connectivity index (χ4n) is 4.18. The number of ether oxygens (including phenoxy) is 1. The molecular weight excluding hydrogens is 455 g/mol. The van der Waals surface area contributed by atoms with Crippen molar-refractivity contribution in [2.24, 2.45) is 16.3 Å². The summed E-state index contributed by atoms with van der Waals surface area (Å²) in [6, 6.07) is 0.284. The predicted octanol–water partition coefficient (Wildman–Crippen LogP) is 3.01. The average Bonchev–Trinajstić information content (AvgIpc) is 3.28. The van der Waals surface area contributed by atoms with Gasteiger partial charge < -0.3 is 20.3 Å². The third-order valence-corrected chi connectivity index (χ3v) is 5.83. The summed E-state index contributed by atoms with van der Waals surface area (Å²) < 4.78 is 5.60. The number of likely N-dealkylation sites (tertiary alicyclic amines) is 1. The fourth-order valence-corrected chi connectivity index (χ4v) is 4.18. The summed E-state index contributed by atoms with van der Waals surface area (Å²) in [5.41, 5.74) is 0.335. The summed E-state index contributed by atoms with van der Waals surface area (Å²) in [4.78, 5) is 18.5. The lowest BCUT2D eigenvalue weighted by Gasteiger charge is -2.30. The van der Waals surface area contributed by atoms with Crippen LogP contribution in [0.2, 0.25) is 0 Å². The quantitative estimate of drug-likeness (QED) is 0.236. The van der Waals surface area contributed by atoms with E-state index in [2.05, 4.69) is 22.5 Å². The number of hydrogen-bond donors (Lipinski definition) is 2. The van der Waals surface area contributed by atoms with Crippen LogP contribution in [0, 0.1) is 11.3 Å². The number of halogens is 1. The molecule has 2 rings (SSSR count). The number of nitrogens with zero attached hydrogens (tertiary/aromatic N) is 2. The fraction of sp³-hybridized carbons (Fsp3) is 0.900. The maximum atomic E-state index is 12.2. The van der Waals surface area contributed by atoms with Gasteiger partial charge in [-0.05, 0) is 38.0 Å². The van der Waals surface area contributed by atoms with E-state index < -0.39 is 0 Å². The van der Waals surface area contributed by atoms with E-state index in [-0.39, 0.29) is 41.8 Å². The maximum absolute atomic E-state index is 12.2. The number of amides is 1. The summed E-state index contributed by atoms with van der Waals surface area (Å²) in [5, 5.41) is 7.06. The number of nitrogens with one attached hydrogen (secondary N) is 2. The Morgan fingerprint density at radius 2 is 2.04 bits per heavy atom. The Morgan fingerprint density at radius 1 is 1.33 bits per heavy atom. The second kappa shape index (κ2) is 12.1. The molecule has 1 aliphatic carbocycles. The van der Waals surface area contributed by atoms with Crippen LogP contribution in [0.15, 0.2) is 4.99 Å². The van der Waals surface area contributed by atoms with Gasteiger partial charge in [-0.3, -0.25) is 9.79 Å². The molecular formula is C20H39IN4O2. The molecule has 2 N–H and O–H groups in total. The van der Waals surface area contributed by atoms with E-state index in [0.29, 0.717) is 5.41 Å². The first-order valence-electron chi connectivity index (χ1n) is 10.3. The molecule has 1 amide bonds. The van der Waals surface area contributed by atoms with Gasteiger partial charge in [-0.15, -0.1) is 24.0 Å². The molecule has 6 nitrogen and oxygen atoms in total. The number of aliphatic imine (C=N–C) groups is 1. The molecule has 2 aliphatic rings. The van der Waals surface area contributed by atoms with Gasteiger partial charge in [-0.1, -0.05) is 26.7 Å². The molecule has 158 valence electrons. The highest BCUT2D eigenvalue weighted by atomic mass is 127. The minimum absolute atomic E-state index is 0. The number of hydrogen-bond acceptors (Lipinski definition) is 3. The molecule has 1 heterocycles. The van der Waals surface area contributed by atoms with Crippen LogP contribution in [0.3, 0.4) is 0 Å². The molecule has 1 atom stereocenters. The second-order valence-electron chi connectivity index (χ2n) is 8.15. The van der Waals surface area contributed by atoms with Gasteiger partial charge in [-0.25, -0.2) is 0 Å². The van der Waals surface area contributed by atoms with Crippen molar-refractivity contribution in [3.8, 4) is 0 Å². The Balaban J connectivity index is 0.00000364. The van der Waals surface area contributed by atoms with Crippen LogP contribution in [0.25, 0.3) is 0 Å². The first-order chi connectivity index (χ1) is 12.5. The van der Waals surface area contributed by atoms with Crippen molar-refractivity contribution in [3.05, 3.63) is 0 Å². The average molecular weight is 494 g/mol. The van der Waals surface area contributed by atoms with E-state index in [0.717, 1.165) is 51.6 Å². The molecule has 0 aromatic carbocycles. The second-order valence-corrected chi connectivity index (χ2v) is 8.15. The lowest BCUT2D eigenvalue weighted by Crippen LogP contribution is -2.48. The molecule has 1 saturated heterocycles. The Kier molecular flexibility index (Phi) is 11.0. The molecule has 0 aromatic heterocycles. The molecule has 0 spiro atoms. The monoisotopic (exact) mass is 494 g/mol. The van der Waals surface area contributed by atoms with Gasteiger partial charge in [0.1, 0.15) is 0 Å². The van der Waals surface area contributed by atoms with Gasteiger partial charge in [0.15, 0.2) is 5.96 Å².